The second kappa shape index (κ2) is 10.2. The van der Waals surface area contributed by atoms with E-state index < -0.39 is 10.0 Å². The van der Waals surface area contributed by atoms with Gasteiger partial charge in [0.15, 0.2) is 0 Å². The summed E-state index contributed by atoms with van der Waals surface area (Å²) in [5.41, 5.74) is 0.0698. The van der Waals surface area contributed by atoms with E-state index in [0.717, 1.165) is 30.0 Å². The Hall–Kier alpha value is -1.91. The lowest BCUT2D eigenvalue weighted by atomic mass is 9.99. The molecule has 0 heterocycles. The van der Waals surface area contributed by atoms with Crippen LogP contribution < -0.4 is 5.32 Å². The van der Waals surface area contributed by atoms with Gasteiger partial charge in [0, 0.05) is 13.6 Å². The van der Waals surface area contributed by atoms with E-state index in [-0.39, 0.29) is 22.9 Å². The van der Waals surface area contributed by atoms with E-state index in [0.29, 0.717) is 12.5 Å². The third-order valence-corrected chi connectivity index (χ3v) is 6.05. The van der Waals surface area contributed by atoms with Gasteiger partial charge in [-0.05, 0) is 24.5 Å². The summed E-state index contributed by atoms with van der Waals surface area (Å²) in [6, 6.07) is 7.85. The van der Waals surface area contributed by atoms with Crippen LogP contribution in [0.4, 0.5) is 0 Å². The van der Waals surface area contributed by atoms with Gasteiger partial charge in [-0.25, -0.2) is 8.42 Å². The molecule has 0 bridgehead atoms. The number of rotatable bonds is 10. The van der Waals surface area contributed by atoms with Crippen LogP contribution in [-0.2, 0) is 14.8 Å². The van der Waals surface area contributed by atoms with Gasteiger partial charge in [-0.3, -0.25) is 4.79 Å². The highest BCUT2D eigenvalue weighted by atomic mass is 32.2. The number of unbranched alkanes of at least 4 members (excludes halogenated alkanes) is 1. The van der Waals surface area contributed by atoms with Crippen molar-refractivity contribution >= 4 is 15.9 Å². The number of carbonyl (C=O) groups excluding carboxylic acids is 1. The molecule has 0 aromatic heterocycles. The standard InChI is InChI=1S/C18H27N3O3S/c1-4-6-9-15(5-2)13-20-18(22)14-21(3)25(23,24)17-11-8-7-10-16(17)12-19/h7-8,10-11,15H,4-6,9,13-14H2,1-3H3,(H,20,22)/t15-/m1/s1. The maximum atomic E-state index is 12.6. The van der Waals surface area contributed by atoms with Crippen molar-refractivity contribution in [2.75, 3.05) is 20.1 Å². The number of nitrogens with one attached hydrogen (secondary N) is 1. The van der Waals surface area contributed by atoms with Gasteiger partial charge in [0.05, 0.1) is 17.0 Å². The van der Waals surface area contributed by atoms with Crippen molar-refractivity contribution in [3.05, 3.63) is 29.8 Å². The molecule has 0 saturated heterocycles. The molecule has 0 fully saturated rings. The molecular weight excluding hydrogens is 338 g/mol. The fraction of sp³-hybridized carbons (Fsp3) is 0.556. The zero-order chi connectivity index (χ0) is 18.9. The number of hydrogen-bond acceptors (Lipinski definition) is 4. The average Bonchev–Trinajstić information content (AvgIpc) is 2.61. The second-order valence-corrected chi connectivity index (χ2v) is 8.10. The summed E-state index contributed by atoms with van der Waals surface area (Å²) in [7, 11) is -2.54. The van der Waals surface area contributed by atoms with Crippen LogP contribution in [0.15, 0.2) is 29.2 Å². The van der Waals surface area contributed by atoms with Crippen LogP contribution in [0, 0.1) is 17.2 Å². The highest BCUT2D eigenvalue weighted by Gasteiger charge is 2.25. The fourth-order valence-electron chi connectivity index (χ4n) is 2.50. The summed E-state index contributed by atoms with van der Waals surface area (Å²) in [4.78, 5) is 12.0. The van der Waals surface area contributed by atoms with Gasteiger partial charge in [-0.2, -0.15) is 9.57 Å². The van der Waals surface area contributed by atoms with Gasteiger partial charge in [0.25, 0.3) is 0 Å². The smallest absolute Gasteiger partial charge is 0.244 e. The largest absolute Gasteiger partial charge is 0.355 e. The third kappa shape index (κ3) is 6.15. The molecule has 1 atom stereocenters. The molecule has 1 N–H and O–H groups in total. The number of benzene rings is 1. The highest BCUT2D eigenvalue weighted by molar-refractivity contribution is 7.89. The first-order chi connectivity index (χ1) is 11.9. The monoisotopic (exact) mass is 365 g/mol. The normalized spacial score (nSPS) is 12.6. The summed E-state index contributed by atoms with van der Waals surface area (Å²) in [6.07, 6.45) is 4.26. The number of nitriles is 1. The summed E-state index contributed by atoms with van der Waals surface area (Å²) in [6.45, 7) is 4.50. The molecule has 0 spiro atoms. The van der Waals surface area contributed by atoms with Crippen molar-refractivity contribution in [2.24, 2.45) is 5.92 Å². The molecule has 0 aliphatic carbocycles. The Morgan fingerprint density at radius 3 is 2.60 bits per heavy atom. The van der Waals surface area contributed by atoms with Gasteiger partial charge in [-0.15, -0.1) is 0 Å². The molecule has 1 rings (SSSR count). The number of likely N-dealkylation sites (N-methyl/N-ethyl adjacent to an activating group) is 1. The van der Waals surface area contributed by atoms with Crippen molar-refractivity contribution in [3.63, 3.8) is 0 Å². The summed E-state index contributed by atoms with van der Waals surface area (Å²) in [5, 5.41) is 11.9. The lowest BCUT2D eigenvalue weighted by Gasteiger charge is -2.19. The Labute approximate surface area is 150 Å². The number of amides is 1. The Bertz CT molecular complexity index is 711. The lowest BCUT2D eigenvalue weighted by molar-refractivity contribution is -0.121. The van der Waals surface area contributed by atoms with Crippen LogP contribution in [0.25, 0.3) is 0 Å². The minimum absolute atomic E-state index is 0.0698. The molecule has 138 valence electrons. The molecule has 7 heteroatoms. The topological polar surface area (TPSA) is 90.3 Å². The van der Waals surface area contributed by atoms with Crippen molar-refractivity contribution in [1.82, 2.24) is 9.62 Å². The zero-order valence-electron chi connectivity index (χ0n) is 15.2. The number of hydrogen-bond donors (Lipinski definition) is 1. The number of nitrogens with zero attached hydrogens (tertiary/aromatic N) is 2. The van der Waals surface area contributed by atoms with Crippen LogP contribution in [0.1, 0.15) is 45.1 Å². The molecule has 0 unspecified atom stereocenters. The maximum Gasteiger partial charge on any atom is 0.244 e. The summed E-state index contributed by atoms with van der Waals surface area (Å²) in [5.74, 6) is 0.0700. The van der Waals surface area contributed by atoms with E-state index in [1.54, 1.807) is 12.1 Å². The zero-order valence-corrected chi connectivity index (χ0v) is 16.0. The Kier molecular flexibility index (Phi) is 8.59. The first-order valence-electron chi connectivity index (χ1n) is 8.58. The Morgan fingerprint density at radius 2 is 2.00 bits per heavy atom. The van der Waals surface area contributed by atoms with Gasteiger partial charge in [-0.1, -0.05) is 45.2 Å². The van der Waals surface area contributed by atoms with Crippen molar-refractivity contribution in [1.29, 1.82) is 5.26 Å². The lowest BCUT2D eigenvalue weighted by Crippen LogP contribution is -2.40. The minimum atomic E-state index is -3.89. The van der Waals surface area contributed by atoms with Gasteiger partial charge < -0.3 is 5.32 Å². The van der Waals surface area contributed by atoms with E-state index in [9.17, 15) is 13.2 Å². The first kappa shape index (κ1) is 21.1. The minimum Gasteiger partial charge on any atom is -0.355 e. The predicted molar refractivity (Wildman–Crippen MR) is 97.3 cm³/mol. The SMILES string of the molecule is CCCC[C@@H](CC)CNC(=O)CN(C)S(=O)(=O)c1ccccc1C#N. The van der Waals surface area contributed by atoms with Gasteiger partial charge in [0.1, 0.15) is 6.07 Å². The Morgan fingerprint density at radius 1 is 1.32 bits per heavy atom. The van der Waals surface area contributed by atoms with E-state index in [1.165, 1.54) is 19.2 Å². The van der Waals surface area contributed by atoms with Crippen LogP contribution in [-0.4, -0.2) is 38.8 Å². The van der Waals surface area contributed by atoms with Crippen molar-refractivity contribution in [3.8, 4) is 6.07 Å². The molecular formula is C18H27N3O3S. The van der Waals surface area contributed by atoms with Crippen LogP contribution in [0.5, 0.6) is 0 Å². The van der Waals surface area contributed by atoms with Gasteiger partial charge in [0.2, 0.25) is 15.9 Å². The Balaban J connectivity index is 2.69. The van der Waals surface area contributed by atoms with Crippen LogP contribution in [0.2, 0.25) is 0 Å². The molecule has 1 aromatic carbocycles. The van der Waals surface area contributed by atoms with E-state index in [2.05, 4.69) is 19.2 Å². The molecule has 6 nitrogen and oxygen atoms in total. The highest BCUT2D eigenvalue weighted by Crippen LogP contribution is 2.18. The molecule has 0 aliphatic rings. The van der Waals surface area contributed by atoms with E-state index in [4.69, 9.17) is 5.26 Å². The molecule has 1 amide bonds. The van der Waals surface area contributed by atoms with Crippen molar-refractivity contribution in [2.45, 2.75) is 44.4 Å². The van der Waals surface area contributed by atoms with Crippen LogP contribution >= 0.6 is 0 Å². The number of carbonyl (C=O) groups is 1. The van der Waals surface area contributed by atoms with Gasteiger partial charge >= 0.3 is 0 Å². The van der Waals surface area contributed by atoms with Crippen LogP contribution in [0.3, 0.4) is 0 Å². The van der Waals surface area contributed by atoms with Crippen molar-refractivity contribution < 1.29 is 13.2 Å². The maximum absolute atomic E-state index is 12.6. The summed E-state index contributed by atoms with van der Waals surface area (Å²) >= 11 is 0. The van der Waals surface area contributed by atoms with E-state index in [1.807, 2.05) is 6.07 Å². The molecule has 0 aliphatic heterocycles. The molecule has 25 heavy (non-hydrogen) atoms. The third-order valence-electron chi connectivity index (χ3n) is 4.19. The number of sulfonamides is 1. The average molecular weight is 365 g/mol. The summed E-state index contributed by atoms with van der Waals surface area (Å²) < 4.78 is 26.1. The van der Waals surface area contributed by atoms with E-state index >= 15 is 0 Å². The molecule has 1 aromatic rings. The molecule has 0 radical (unpaired) electrons. The first-order valence-corrected chi connectivity index (χ1v) is 10.0. The fourth-order valence-corrected chi connectivity index (χ4v) is 3.76. The quantitative estimate of drug-likeness (QED) is 0.690. The predicted octanol–water partition coefficient (Wildman–Crippen LogP) is 2.51. The second-order valence-electron chi connectivity index (χ2n) is 6.09. The molecule has 0 saturated carbocycles.